The van der Waals surface area contributed by atoms with Gasteiger partial charge in [-0.1, -0.05) is 45.0 Å². The number of halogens is 2. The van der Waals surface area contributed by atoms with Crippen LogP contribution in [0.5, 0.6) is 0 Å². The average molecular weight is 522 g/mol. The highest BCUT2D eigenvalue weighted by Crippen LogP contribution is 2.22. The SMILES string of the molecule is CCc1cccc(CNC[C@H](O)[C@H](Cc2cc(F)cc(F)c2)NC(=O)c2ccc3oc(C(C)C)nc3c2)c1. The predicted octanol–water partition coefficient (Wildman–Crippen LogP) is 5.28. The number of hydrogen-bond donors (Lipinski definition) is 3. The molecule has 4 rings (SSSR count). The smallest absolute Gasteiger partial charge is 0.251 e. The van der Waals surface area contributed by atoms with Gasteiger partial charge in [-0.2, -0.15) is 0 Å². The number of benzene rings is 3. The van der Waals surface area contributed by atoms with Gasteiger partial charge in [-0.15, -0.1) is 0 Å². The maximum absolute atomic E-state index is 13.8. The molecular formula is C30H33F2N3O3. The molecule has 38 heavy (non-hydrogen) atoms. The van der Waals surface area contributed by atoms with E-state index in [-0.39, 0.29) is 18.9 Å². The Labute approximate surface area is 221 Å². The minimum atomic E-state index is -1.03. The van der Waals surface area contributed by atoms with Crippen molar-refractivity contribution in [3.05, 3.63) is 100 Å². The van der Waals surface area contributed by atoms with Crippen LogP contribution in [0.2, 0.25) is 0 Å². The van der Waals surface area contributed by atoms with Crippen LogP contribution in [0, 0.1) is 11.6 Å². The Balaban J connectivity index is 1.49. The third kappa shape index (κ3) is 7.02. The topological polar surface area (TPSA) is 87.4 Å². The van der Waals surface area contributed by atoms with Gasteiger partial charge in [0.05, 0.1) is 12.1 Å². The number of oxazole rings is 1. The van der Waals surface area contributed by atoms with E-state index in [1.54, 1.807) is 18.2 Å². The van der Waals surface area contributed by atoms with Crippen LogP contribution in [0.25, 0.3) is 11.1 Å². The number of nitrogens with zero attached hydrogens (tertiary/aromatic N) is 1. The second-order valence-electron chi connectivity index (χ2n) is 9.82. The number of aliphatic hydroxyl groups excluding tert-OH is 1. The lowest BCUT2D eigenvalue weighted by atomic mass is 10.00. The number of rotatable bonds is 11. The van der Waals surface area contributed by atoms with Crippen molar-refractivity contribution in [1.82, 2.24) is 15.6 Å². The van der Waals surface area contributed by atoms with Crippen LogP contribution < -0.4 is 10.6 Å². The van der Waals surface area contributed by atoms with E-state index in [2.05, 4.69) is 34.7 Å². The number of amides is 1. The fourth-order valence-electron chi connectivity index (χ4n) is 4.32. The van der Waals surface area contributed by atoms with Gasteiger partial charge in [0.15, 0.2) is 11.5 Å². The van der Waals surface area contributed by atoms with Crippen molar-refractivity contribution in [3.8, 4) is 0 Å². The highest BCUT2D eigenvalue weighted by Gasteiger charge is 2.23. The molecule has 4 aromatic rings. The van der Waals surface area contributed by atoms with Gasteiger partial charge in [0, 0.05) is 30.6 Å². The lowest BCUT2D eigenvalue weighted by Crippen LogP contribution is -2.48. The molecule has 0 saturated heterocycles. The minimum absolute atomic E-state index is 0.0400. The Hall–Kier alpha value is -3.62. The number of carbonyl (C=O) groups excluding carboxylic acids is 1. The summed E-state index contributed by atoms with van der Waals surface area (Å²) in [6, 6.07) is 15.5. The van der Waals surface area contributed by atoms with Crippen molar-refractivity contribution in [2.24, 2.45) is 0 Å². The highest BCUT2D eigenvalue weighted by atomic mass is 19.1. The minimum Gasteiger partial charge on any atom is -0.440 e. The lowest BCUT2D eigenvalue weighted by Gasteiger charge is -2.25. The summed E-state index contributed by atoms with van der Waals surface area (Å²) < 4.78 is 33.4. The quantitative estimate of drug-likeness (QED) is 0.250. The summed E-state index contributed by atoms with van der Waals surface area (Å²) in [5.74, 6) is -1.19. The summed E-state index contributed by atoms with van der Waals surface area (Å²) >= 11 is 0. The fraction of sp³-hybridized carbons (Fsp3) is 0.333. The van der Waals surface area contributed by atoms with Gasteiger partial charge in [-0.05, 0) is 59.9 Å². The Morgan fingerprint density at radius 2 is 1.74 bits per heavy atom. The van der Waals surface area contributed by atoms with E-state index < -0.39 is 29.7 Å². The molecule has 1 aromatic heterocycles. The zero-order valence-electron chi connectivity index (χ0n) is 21.8. The van der Waals surface area contributed by atoms with E-state index in [0.29, 0.717) is 34.7 Å². The lowest BCUT2D eigenvalue weighted by molar-refractivity contribution is 0.0830. The Morgan fingerprint density at radius 3 is 2.45 bits per heavy atom. The number of carbonyl (C=O) groups is 1. The van der Waals surface area contributed by atoms with Crippen LogP contribution in [0.3, 0.4) is 0 Å². The van der Waals surface area contributed by atoms with E-state index in [0.717, 1.165) is 18.1 Å². The zero-order valence-corrected chi connectivity index (χ0v) is 21.8. The molecule has 0 aliphatic carbocycles. The summed E-state index contributed by atoms with van der Waals surface area (Å²) in [7, 11) is 0. The van der Waals surface area contributed by atoms with Gasteiger partial charge < -0.3 is 20.2 Å². The number of nitrogens with one attached hydrogen (secondary N) is 2. The van der Waals surface area contributed by atoms with E-state index in [1.165, 1.54) is 17.7 Å². The Kier molecular flexibility index (Phi) is 8.86. The monoisotopic (exact) mass is 521 g/mol. The van der Waals surface area contributed by atoms with Crippen LogP contribution in [0.1, 0.15) is 59.6 Å². The van der Waals surface area contributed by atoms with E-state index in [9.17, 15) is 18.7 Å². The molecule has 3 aromatic carbocycles. The van der Waals surface area contributed by atoms with Crippen LogP contribution >= 0.6 is 0 Å². The largest absolute Gasteiger partial charge is 0.440 e. The second-order valence-corrected chi connectivity index (χ2v) is 9.82. The van der Waals surface area contributed by atoms with Gasteiger partial charge in [0.1, 0.15) is 17.2 Å². The maximum Gasteiger partial charge on any atom is 0.251 e. The van der Waals surface area contributed by atoms with Gasteiger partial charge in [-0.3, -0.25) is 4.79 Å². The molecule has 2 atom stereocenters. The molecular weight excluding hydrogens is 488 g/mol. The number of aliphatic hydroxyl groups is 1. The first kappa shape index (κ1) is 27.4. The number of fused-ring (bicyclic) bond motifs is 1. The van der Waals surface area contributed by atoms with Crippen molar-refractivity contribution < 1.29 is 23.1 Å². The standard InChI is InChI=1S/C30H33F2N3O3/c1-4-19-6-5-7-20(10-19)16-33-17-27(36)25(13-21-11-23(31)15-24(32)12-21)34-29(37)22-8-9-28-26(14-22)35-30(38-28)18(2)3/h5-12,14-15,18,25,27,33,36H,4,13,16-17H2,1-3H3,(H,34,37)/t25-,27-/m0/s1. The molecule has 0 bridgehead atoms. The Bertz CT molecular complexity index is 1380. The third-order valence-electron chi connectivity index (χ3n) is 6.40. The third-order valence-corrected chi connectivity index (χ3v) is 6.40. The van der Waals surface area contributed by atoms with Crippen LogP contribution in [-0.2, 0) is 19.4 Å². The fourth-order valence-corrected chi connectivity index (χ4v) is 4.32. The van der Waals surface area contributed by atoms with Gasteiger partial charge >= 0.3 is 0 Å². The van der Waals surface area contributed by atoms with Gasteiger partial charge in [0.2, 0.25) is 0 Å². The number of aromatic nitrogens is 1. The first-order chi connectivity index (χ1) is 18.2. The first-order valence-corrected chi connectivity index (χ1v) is 12.8. The van der Waals surface area contributed by atoms with Crippen molar-refractivity contribution in [3.63, 3.8) is 0 Å². The normalized spacial score (nSPS) is 13.1. The molecule has 200 valence electrons. The molecule has 0 saturated carbocycles. The number of aryl methyl sites for hydroxylation is 1. The molecule has 0 radical (unpaired) electrons. The summed E-state index contributed by atoms with van der Waals surface area (Å²) in [6.07, 6.45) is -0.0608. The van der Waals surface area contributed by atoms with Crippen molar-refractivity contribution in [2.75, 3.05) is 6.54 Å². The highest BCUT2D eigenvalue weighted by molar-refractivity contribution is 5.97. The maximum atomic E-state index is 13.8. The predicted molar refractivity (Wildman–Crippen MR) is 143 cm³/mol. The van der Waals surface area contributed by atoms with Crippen molar-refractivity contribution >= 4 is 17.0 Å². The van der Waals surface area contributed by atoms with Crippen LogP contribution in [0.4, 0.5) is 8.78 Å². The first-order valence-electron chi connectivity index (χ1n) is 12.8. The second kappa shape index (κ2) is 12.3. The summed E-state index contributed by atoms with van der Waals surface area (Å²) in [4.78, 5) is 17.6. The molecule has 0 unspecified atom stereocenters. The van der Waals surface area contributed by atoms with Crippen molar-refractivity contribution in [1.29, 1.82) is 0 Å². The molecule has 8 heteroatoms. The molecule has 1 heterocycles. The van der Waals surface area contributed by atoms with E-state index in [4.69, 9.17) is 4.42 Å². The molecule has 0 spiro atoms. The average Bonchev–Trinajstić information content (AvgIpc) is 3.32. The Morgan fingerprint density at radius 1 is 1.00 bits per heavy atom. The van der Waals surface area contributed by atoms with E-state index in [1.807, 2.05) is 26.0 Å². The molecule has 0 aliphatic rings. The summed E-state index contributed by atoms with van der Waals surface area (Å²) in [5.41, 5.74) is 4.10. The van der Waals surface area contributed by atoms with Gasteiger partial charge in [0.25, 0.3) is 5.91 Å². The molecule has 3 N–H and O–H groups in total. The van der Waals surface area contributed by atoms with Crippen molar-refractivity contribution in [2.45, 2.75) is 58.2 Å². The van der Waals surface area contributed by atoms with E-state index >= 15 is 0 Å². The zero-order chi connectivity index (χ0) is 27.2. The van der Waals surface area contributed by atoms with Crippen LogP contribution in [-0.4, -0.2) is 34.7 Å². The summed E-state index contributed by atoms with van der Waals surface area (Å²) in [6.45, 7) is 6.71. The number of hydrogen-bond acceptors (Lipinski definition) is 5. The summed E-state index contributed by atoms with van der Waals surface area (Å²) in [5, 5.41) is 17.1. The molecule has 6 nitrogen and oxygen atoms in total. The molecule has 0 aliphatic heterocycles. The van der Waals surface area contributed by atoms with Gasteiger partial charge in [-0.25, -0.2) is 13.8 Å². The molecule has 0 fully saturated rings. The van der Waals surface area contributed by atoms with Crippen LogP contribution in [0.15, 0.2) is 65.1 Å². The molecule has 1 amide bonds.